The Labute approximate surface area is 138 Å². The van der Waals surface area contributed by atoms with E-state index in [1.807, 2.05) is 44.3 Å². The molecule has 0 unspecified atom stereocenters. The Morgan fingerprint density at radius 3 is 2.74 bits per heavy atom. The number of rotatable bonds is 3. The highest BCUT2D eigenvalue weighted by Crippen LogP contribution is 2.15. The van der Waals surface area contributed by atoms with Gasteiger partial charge < -0.3 is 0 Å². The number of amides is 1. The van der Waals surface area contributed by atoms with Gasteiger partial charge in [0.05, 0.1) is 11.9 Å². The topological polar surface area (TPSA) is 58.8 Å². The molecular weight excluding hydrogens is 312 g/mol. The maximum atomic E-state index is 12.4. The second-order valence-electron chi connectivity index (χ2n) is 5.18. The summed E-state index contributed by atoms with van der Waals surface area (Å²) in [7, 11) is 0. The van der Waals surface area contributed by atoms with Crippen LogP contribution in [0.2, 0.25) is 5.02 Å². The molecule has 1 amide bonds. The molecule has 2 aromatic heterocycles. The molecule has 2 heterocycles. The number of nitrogens with zero attached hydrogens (tertiary/aromatic N) is 3. The normalized spacial score (nSPS) is 11.3. The van der Waals surface area contributed by atoms with E-state index in [0.717, 1.165) is 16.8 Å². The maximum absolute atomic E-state index is 12.4. The van der Waals surface area contributed by atoms with Crippen molar-refractivity contribution in [2.75, 3.05) is 0 Å². The molecule has 23 heavy (non-hydrogen) atoms. The third-order valence-electron chi connectivity index (χ3n) is 3.48. The summed E-state index contributed by atoms with van der Waals surface area (Å²) < 4.78 is 1.78. The lowest BCUT2D eigenvalue weighted by Crippen LogP contribution is -2.20. The SMILES string of the molecule is Cc1nc2c(C)cccn2c1C(=O)NN=Cc1ccc(Cl)cc1. The molecule has 0 radical (unpaired) electrons. The van der Waals surface area contributed by atoms with Crippen molar-refractivity contribution in [2.24, 2.45) is 5.10 Å². The Balaban J connectivity index is 1.82. The van der Waals surface area contributed by atoms with Gasteiger partial charge in [-0.3, -0.25) is 9.20 Å². The molecule has 1 aromatic carbocycles. The molecule has 6 heteroatoms. The molecule has 0 aliphatic carbocycles. The van der Waals surface area contributed by atoms with Gasteiger partial charge in [0.15, 0.2) is 0 Å². The highest BCUT2D eigenvalue weighted by atomic mass is 35.5. The van der Waals surface area contributed by atoms with Crippen LogP contribution in [0.1, 0.15) is 27.3 Å². The zero-order valence-electron chi connectivity index (χ0n) is 12.7. The Bertz CT molecular complexity index is 897. The first kappa shape index (κ1) is 15.2. The summed E-state index contributed by atoms with van der Waals surface area (Å²) in [5, 5.41) is 4.64. The molecule has 0 saturated heterocycles. The molecule has 0 aliphatic rings. The van der Waals surface area contributed by atoms with Gasteiger partial charge in [-0.15, -0.1) is 0 Å². The molecule has 0 fully saturated rings. The Hall–Kier alpha value is -2.66. The predicted molar refractivity (Wildman–Crippen MR) is 91.2 cm³/mol. The van der Waals surface area contributed by atoms with Crippen molar-refractivity contribution < 1.29 is 4.79 Å². The van der Waals surface area contributed by atoms with Crippen LogP contribution in [0.15, 0.2) is 47.7 Å². The minimum Gasteiger partial charge on any atom is -0.295 e. The lowest BCUT2D eigenvalue weighted by molar-refractivity contribution is 0.0948. The van der Waals surface area contributed by atoms with Crippen LogP contribution in [0.3, 0.4) is 0 Å². The standard InChI is InChI=1S/C17H15ClN4O/c1-11-4-3-9-22-15(12(2)20-16(11)22)17(23)21-19-10-13-5-7-14(18)8-6-13/h3-10H,1-2H3,(H,21,23). The zero-order valence-corrected chi connectivity index (χ0v) is 13.5. The lowest BCUT2D eigenvalue weighted by atomic mass is 10.2. The van der Waals surface area contributed by atoms with Gasteiger partial charge in [0.25, 0.3) is 5.91 Å². The molecule has 3 rings (SSSR count). The van der Waals surface area contributed by atoms with Crippen LogP contribution in [-0.2, 0) is 0 Å². The second kappa shape index (κ2) is 6.22. The van der Waals surface area contributed by atoms with Crippen molar-refractivity contribution in [1.82, 2.24) is 14.8 Å². The second-order valence-corrected chi connectivity index (χ2v) is 5.62. The quantitative estimate of drug-likeness (QED) is 0.592. The van der Waals surface area contributed by atoms with E-state index < -0.39 is 0 Å². The lowest BCUT2D eigenvalue weighted by Gasteiger charge is -2.02. The third-order valence-corrected chi connectivity index (χ3v) is 3.74. The number of imidazole rings is 1. The first-order chi connectivity index (χ1) is 11.1. The van der Waals surface area contributed by atoms with Crippen molar-refractivity contribution in [3.05, 3.63) is 70.1 Å². The number of halogens is 1. The number of pyridine rings is 1. The number of hydrogen-bond donors (Lipinski definition) is 1. The number of fused-ring (bicyclic) bond motifs is 1. The fourth-order valence-corrected chi connectivity index (χ4v) is 2.48. The van der Waals surface area contributed by atoms with Crippen LogP contribution in [0.25, 0.3) is 5.65 Å². The number of carbonyl (C=O) groups is 1. The molecular formula is C17H15ClN4O. The molecule has 5 nitrogen and oxygen atoms in total. The van der Waals surface area contributed by atoms with Crippen molar-refractivity contribution >= 4 is 29.4 Å². The summed E-state index contributed by atoms with van der Waals surface area (Å²) in [6.07, 6.45) is 3.39. The first-order valence-corrected chi connectivity index (χ1v) is 7.47. The fourth-order valence-electron chi connectivity index (χ4n) is 2.36. The molecule has 0 spiro atoms. The van der Waals surface area contributed by atoms with Crippen molar-refractivity contribution in [3.8, 4) is 0 Å². The molecule has 3 aromatic rings. The average Bonchev–Trinajstić information content (AvgIpc) is 2.87. The van der Waals surface area contributed by atoms with Crippen molar-refractivity contribution in [2.45, 2.75) is 13.8 Å². The predicted octanol–water partition coefficient (Wildman–Crippen LogP) is 3.37. The van der Waals surface area contributed by atoms with Crippen molar-refractivity contribution in [1.29, 1.82) is 0 Å². The summed E-state index contributed by atoms with van der Waals surface area (Å²) in [6, 6.07) is 11.0. The molecule has 0 bridgehead atoms. The van der Waals surface area contributed by atoms with E-state index in [2.05, 4.69) is 15.5 Å². The number of carbonyl (C=O) groups excluding carboxylic acids is 1. The minimum absolute atomic E-state index is 0.300. The summed E-state index contributed by atoms with van der Waals surface area (Å²) in [6.45, 7) is 3.77. The largest absolute Gasteiger partial charge is 0.295 e. The van der Waals surface area contributed by atoms with Gasteiger partial charge in [0.2, 0.25) is 0 Å². The zero-order chi connectivity index (χ0) is 16.4. The van der Waals surface area contributed by atoms with Crippen LogP contribution in [0.5, 0.6) is 0 Å². The first-order valence-electron chi connectivity index (χ1n) is 7.09. The number of hydrogen-bond acceptors (Lipinski definition) is 3. The van der Waals surface area contributed by atoms with E-state index in [0.29, 0.717) is 16.4 Å². The fraction of sp³-hybridized carbons (Fsp3) is 0.118. The molecule has 1 N–H and O–H groups in total. The Morgan fingerprint density at radius 1 is 1.26 bits per heavy atom. The summed E-state index contributed by atoms with van der Waals surface area (Å²) in [4.78, 5) is 16.8. The molecule has 0 atom stereocenters. The highest BCUT2D eigenvalue weighted by molar-refractivity contribution is 6.30. The van der Waals surface area contributed by atoms with Crippen LogP contribution in [-0.4, -0.2) is 21.5 Å². The number of aromatic nitrogens is 2. The smallest absolute Gasteiger partial charge is 0.290 e. The monoisotopic (exact) mass is 326 g/mol. The Kier molecular flexibility index (Phi) is 4.12. The number of hydrazone groups is 1. The van der Waals surface area contributed by atoms with Gasteiger partial charge in [-0.1, -0.05) is 29.8 Å². The highest BCUT2D eigenvalue weighted by Gasteiger charge is 2.16. The summed E-state index contributed by atoms with van der Waals surface area (Å²) in [5.41, 5.74) is 6.32. The number of nitrogens with one attached hydrogen (secondary N) is 1. The molecule has 0 saturated carbocycles. The maximum Gasteiger partial charge on any atom is 0.290 e. The van der Waals surface area contributed by atoms with Gasteiger partial charge in [-0.25, -0.2) is 10.4 Å². The minimum atomic E-state index is -0.300. The number of aryl methyl sites for hydroxylation is 2. The van der Waals surface area contributed by atoms with Crippen LogP contribution >= 0.6 is 11.6 Å². The van der Waals surface area contributed by atoms with Gasteiger partial charge in [0, 0.05) is 11.2 Å². The van der Waals surface area contributed by atoms with Crippen molar-refractivity contribution in [3.63, 3.8) is 0 Å². The molecule has 0 aliphatic heterocycles. The molecule has 116 valence electrons. The average molecular weight is 327 g/mol. The Morgan fingerprint density at radius 2 is 2.00 bits per heavy atom. The van der Waals surface area contributed by atoms with E-state index in [1.165, 1.54) is 0 Å². The van der Waals surface area contributed by atoms with E-state index in [9.17, 15) is 4.79 Å². The summed E-state index contributed by atoms with van der Waals surface area (Å²) >= 11 is 5.83. The van der Waals surface area contributed by atoms with Gasteiger partial charge >= 0.3 is 0 Å². The van der Waals surface area contributed by atoms with E-state index in [1.54, 1.807) is 22.7 Å². The van der Waals surface area contributed by atoms with Crippen LogP contribution < -0.4 is 5.43 Å². The summed E-state index contributed by atoms with van der Waals surface area (Å²) in [5.74, 6) is -0.300. The van der Waals surface area contributed by atoms with E-state index >= 15 is 0 Å². The van der Waals surface area contributed by atoms with Gasteiger partial charge in [-0.2, -0.15) is 5.10 Å². The third kappa shape index (κ3) is 3.10. The van der Waals surface area contributed by atoms with Crippen LogP contribution in [0.4, 0.5) is 0 Å². The van der Waals surface area contributed by atoms with Crippen LogP contribution in [0, 0.1) is 13.8 Å². The van der Waals surface area contributed by atoms with E-state index in [-0.39, 0.29) is 5.91 Å². The number of benzene rings is 1. The van der Waals surface area contributed by atoms with Gasteiger partial charge in [0.1, 0.15) is 11.3 Å². The van der Waals surface area contributed by atoms with E-state index in [4.69, 9.17) is 11.6 Å². The van der Waals surface area contributed by atoms with Gasteiger partial charge in [-0.05, 0) is 43.2 Å².